The fourth-order valence-electron chi connectivity index (χ4n) is 4.88. The maximum Gasteiger partial charge on any atom is 0.344 e. The van der Waals surface area contributed by atoms with Crippen LogP contribution >= 0.6 is 0 Å². The molecule has 1 aliphatic carbocycles. The maximum absolute atomic E-state index is 13.4. The number of aromatic nitrogens is 1. The summed E-state index contributed by atoms with van der Waals surface area (Å²) >= 11 is 0. The third-order valence-corrected chi connectivity index (χ3v) is 6.72. The lowest BCUT2D eigenvalue weighted by Gasteiger charge is -2.30. The molecular formula is C26H26N4O5. The quantitative estimate of drug-likeness (QED) is 0.544. The molecule has 0 atom stereocenters. The zero-order valence-electron chi connectivity index (χ0n) is 19.6. The molecule has 2 aliphatic rings. The molecule has 3 aromatic rings. The molecule has 9 nitrogen and oxygen atoms in total. The number of methoxy groups -OCH3 is 2. The monoisotopic (exact) mass is 474 g/mol. The molecule has 180 valence electrons. The van der Waals surface area contributed by atoms with Crippen molar-refractivity contribution in [2.45, 2.75) is 37.6 Å². The highest BCUT2D eigenvalue weighted by Gasteiger charge is 2.52. The molecule has 2 fully saturated rings. The van der Waals surface area contributed by atoms with Gasteiger partial charge in [0.25, 0.3) is 11.8 Å². The van der Waals surface area contributed by atoms with E-state index in [9.17, 15) is 14.4 Å². The molecule has 9 heteroatoms. The van der Waals surface area contributed by atoms with Crippen molar-refractivity contribution in [2.24, 2.45) is 0 Å². The van der Waals surface area contributed by atoms with Gasteiger partial charge in [0.15, 0.2) is 11.5 Å². The molecule has 2 aromatic carbocycles. The number of amides is 4. The molecule has 0 radical (unpaired) electrons. The highest BCUT2D eigenvalue weighted by atomic mass is 16.5. The lowest BCUT2D eigenvalue weighted by atomic mass is 9.82. The Hall–Kier alpha value is -4.14. The number of hydrazine groups is 1. The third-order valence-electron chi connectivity index (χ3n) is 6.72. The Kier molecular flexibility index (Phi) is 5.76. The zero-order chi connectivity index (χ0) is 24.6. The van der Waals surface area contributed by atoms with E-state index >= 15 is 0 Å². The summed E-state index contributed by atoms with van der Waals surface area (Å²) in [4.78, 5) is 43.9. The number of carbonyl (C=O) groups is 3. The number of nitrogens with one attached hydrogen (secondary N) is 2. The van der Waals surface area contributed by atoms with Crippen LogP contribution in [0.5, 0.6) is 11.5 Å². The fraction of sp³-hybridized carbons (Fsp3) is 0.308. The van der Waals surface area contributed by atoms with Crippen LogP contribution in [-0.4, -0.2) is 47.6 Å². The first-order valence-electron chi connectivity index (χ1n) is 11.6. The number of pyridine rings is 1. The summed E-state index contributed by atoms with van der Waals surface area (Å²) in [6.45, 7) is 0. The number of imide groups is 1. The lowest BCUT2D eigenvalue weighted by molar-refractivity contribution is -0.134. The van der Waals surface area contributed by atoms with Gasteiger partial charge < -0.3 is 14.8 Å². The molecule has 1 spiro atoms. The van der Waals surface area contributed by atoms with Crippen molar-refractivity contribution in [2.75, 3.05) is 14.2 Å². The van der Waals surface area contributed by atoms with Gasteiger partial charge in [-0.3, -0.25) is 15.0 Å². The number of nitrogens with zero attached hydrogens (tertiary/aromatic N) is 2. The van der Waals surface area contributed by atoms with Crippen molar-refractivity contribution < 1.29 is 23.9 Å². The van der Waals surface area contributed by atoms with Crippen molar-refractivity contribution in [1.82, 2.24) is 20.7 Å². The predicted molar refractivity (Wildman–Crippen MR) is 129 cm³/mol. The summed E-state index contributed by atoms with van der Waals surface area (Å²) in [6.07, 6.45) is 3.89. The first-order valence-corrected chi connectivity index (χ1v) is 11.6. The number of urea groups is 1. The second-order valence-electron chi connectivity index (χ2n) is 8.80. The van der Waals surface area contributed by atoms with Gasteiger partial charge in [-0.15, -0.1) is 0 Å². The van der Waals surface area contributed by atoms with Gasteiger partial charge in [-0.2, -0.15) is 5.01 Å². The van der Waals surface area contributed by atoms with Crippen LogP contribution in [0.3, 0.4) is 0 Å². The number of para-hydroxylation sites is 1. The molecule has 0 bridgehead atoms. The van der Waals surface area contributed by atoms with E-state index in [1.807, 2.05) is 18.2 Å². The van der Waals surface area contributed by atoms with Gasteiger partial charge in [-0.05, 0) is 43.2 Å². The second kappa shape index (κ2) is 8.90. The molecule has 1 aliphatic heterocycles. The van der Waals surface area contributed by atoms with E-state index in [4.69, 9.17) is 14.5 Å². The number of hydrogen-bond acceptors (Lipinski definition) is 6. The van der Waals surface area contributed by atoms with E-state index in [-0.39, 0.29) is 0 Å². The summed E-state index contributed by atoms with van der Waals surface area (Å²) in [5.74, 6) is 0.129. The molecule has 5 rings (SSSR count). The molecule has 1 saturated carbocycles. The number of hydrogen-bond donors (Lipinski definition) is 2. The normalized spacial score (nSPS) is 16.9. The van der Waals surface area contributed by atoms with E-state index in [0.717, 1.165) is 29.8 Å². The third kappa shape index (κ3) is 3.92. The van der Waals surface area contributed by atoms with Crippen LogP contribution in [0.1, 0.15) is 42.5 Å². The van der Waals surface area contributed by atoms with E-state index < -0.39 is 23.4 Å². The number of rotatable bonds is 5. The smallest absolute Gasteiger partial charge is 0.344 e. The van der Waals surface area contributed by atoms with Crippen molar-refractivity contribution in [3.63, 3.8) is 0 Å². The van der Waals surface area contributed by atoms with Gasteiger partial charge in [0.2, 0.25) is 0 Å². The molecule has 1 saturated heterocycles. The van der Waals surface area contributed by atoms with Crippen LogP contribution < -0.4 is 20.2 Å². The summed E-state index contributed by atoms with van der Waals surface area (Å²) in [5, 5.41) is 4.23. The van der Waals surface area contributed by atoms with Crippen LogP contribution in [0.4, 0.5) is 4.79 Å². The molecule has 0 unspecified atom stereocenters. The Morgan fingerprint density at radius 2 is 1.74 bits per heavy atom. The molecule has 1 aromatic heterocycles. The Morgan fingerprint density at radius 1 is 1.00 bits per heavy atom. The number of fused-ring (bicyclic) bond motifs is 1. The lowest BCUT2D eigenvalue weighted by Crippen LogP contribution is -2.51. The van der Waals surface area contributed by atoms with E-state index in [1.54, 1.807) is 44.6 Å². The largest absolute Gasteiger partial charge is 0.493 e. The molecule has 4 amide bonds. The molecular weight excluding hydrogens is 448 g/mol. The van der Waals surface area contributed by atoms with E-state index in [2.05, 4.69) is 10.7 Å². The van der Waals surface area contributed by atoms with Crippen LogP contribution in [0.2, 0.25) is 0 Å². The average Bonchev–Trinajstić information content (AvgIpc) is 3.11. The van der Waals surface area contributed by atoms with Gasteiger partial charge in [-0.1, -0.05) is 37.5 Å². The van der Waals surface area contributed by atoms with Crippen molar-refractivity contribution in [3.05, 3.63) is 54.1 Å². The summed E-state index contributed by atoms with van der Waals surface area (Å²) in [5.41, 5.74) is 3.77. The van der Waals surface area contributed by atoms with Crippen LogP contribution in [0, 0.1) is 0 Å². The summed E-state index contributed by atoms with van der Waals surface area (Å²) in [7, 11) is 3.10. The average molecular weight is 475 g/mol. The van der Waals surface area contributed by atoms with Gasteiger partial charge >= 0.3 is 6.03 Å². The van der Waals surface area contributed by atoms with Gasteiger partial charge in [0.1, 0.15) is 5.54 Å². The first-order chi connectivity index (χ1) is 17.0. The minimum Gasteiger partial charge on any atom is -0.493 e. The Morgan fingerprint density at radius 3 is 2.49 bits per heavy atom. The summed E-state index contributed by atoms with van der Waals surface area (Å²) in [6, 6.07) is 13.6. The van der Waals surface area contributed by atoms with Crippen molar-refractivity contribution in [1.29, 1.82) is 0 Å². The van der Waals surface area contributed by atoms with Gasteiger partial charge in [0, 0.05) is 10.9 Å². The zero-order valence-corrected chi connectivity index (χ0v) is 19.6. The number of carbonyl (C=O) groups excluding carboxylic acids is 3. The highest BCUT2D eigenvalue weighted by Crippen LogP contribution is 2.34. The van der Waals surface area contributed by atoms with Crippen LogP contribution in [-0.2, 0) is 4.79 Å². The second-order valence-corrected chi connectivity index (χ2v) is 8.80. The predicted octanol–water partition coefficient (Wildman–Crippen LogP) is 3.82. The Labute approximate surface area is 202 Å². The van der Waals surface area contributed by atoms with E-state index in [0.29, 0.717) is 46.5 Å². The fourth-order valence-corrected chi connectivity index (χ4v) is 4.88. The van der Waals surface area contributed by atoms with Crippen molar-refractivity contribution in [3.8, 4) is 22.8 Å². The molecule has 35 heavy (non-hydrogen) atoms. The standard InChI is InChI=1S/C26H26N4O5/c1-34-21-11-10-16(14-22(21)35-2)20-15-18(17-8-4-5-9-19(17)27-20)23(31)29-30-24(32)26(28-25(30)33)12-6-3-7-13-26/h4-5,8-11,14-15H,3,6-7,12-13H2,1-2H3,(H,28,33)(H,29,31). The first kappa shape index (κ1) is 22.6. The van der Waals surface area contributed by atoms with Crippen LogP contribution in [0.25, 0.3) is 22.2 Å². The maximum atomic E-state index is 13.4. The Bertz CT molecular complexity index is 1330. The highest BCUT2D eigenvalue weighted by molar-refractivity contribution is 6.12. The minimum absolute atomic E-state index is 0.297. The minimum atomic E-state index is -0.923. The SMILES string of the molecule is COc1ccc(-c2cc(C(=O)NN3C(=O)NC4(CCCCC4)C3=O)c3ccccc3n2)cc1OC. The van der Waals surface area contributed by atoms with Crippen molar-refractivity contribution >= 4 is 28.7 Å². The number of ether oxygens (including phenoxy) is 2. The van der Waals surface area contributed by atoms with Crippen LogP contribution in [0.15, 0.2) is 48.5 Å². The topological polar surface area (TPSA) is 110 Å². The Balaban J connectivity index is 1.51. The molecule has 2 N–H and O–H groups in total. The molecule has 2 heterocycles. The number of benzene rings is 2. The van der Waals surface area contributed by atoms with Gasteiger partial charge in [0.05, 0.1) is 31.0 Å². The van der Waals surface area contributed by atoms with Gasteiger partial charge in [-0.25, -0.2) is 9.78 Å². The van der Waals surface area contributed by atoms with E-state index in [1.165, 1.54) is 0 Å². The summed E-state index contributed by atoms with van der Waals surface area (Å²) < 4.78 is 10.7.